The Morgan fingerprint density at radius 3 is 2.60 bits per heavy atom. The van der Waals surface area contributed by atoms with Gasteiger partial charge >= 0.3 is 0 Å². The van der Waals surface area contributed by atoms with Gasteiger partial charge in [-0.3, -0.25) is 4.72 Å². The molecule has 2 rings (SSSR count). The Morgan fingerprint density at radius 1 is 1.30 bits per heavy atom. The van der Waals surface area contributed by atoms with E-state index in [1.165, 1.54) is 0 Å². The largest absolute Gasteiger partial charge is 0.377 e. The van der Waals surface area contributed by atoms with Crippen molar-refractivity contribution in [3.8, 4) is 11.5 Å². The van der Waals surface area contributed by atoms with Crippen molar-refractivity contribution in [2.45, 2.75) is 13.5 Å². The number of hydrogen-bond acceptors (Lipinski definition) is 6. The van der Waals surface area contributed by atoms with Crippen LogP contribution in [0.3, 0.4) is 0 Å². The molecule has 0 fully saturated rings. The number of benzene rings is 1. The molecule has 0 aliphatic rings. The molecule has 108 valence electrons. The van der Waals surface area contributed by atoms with Gasteiger partial charge in [-0.25, -0.2) is 8.42 Å². The fraction of sp³-hybridized carbons (Fsp3) is 0.333. The minimum absolute atomic E-state index is 0.0266. The maximum Gasteiger partial charge on any atom is 0.258 e. The molecule has 1 N–H and O–H groups in total. The summed E-state index contributed by atoms with van der Waals surface area (Å²) in [7, 11) is -1.72. The van der Waals surface area contributed by atoms with E-state index in [-0.39, 0.29) is 12.4 Å². The fourth-order valence-electron chi connectivity index (χ4n) is 1.49. The highest BCUT2D eigenvalue weighted by Gasteiger charge is 2.10. The molecule has 2 aromatic rings. The van der Waals surface area contributed by atoms with Crippen LogP contribution in [0.25, 0.3) is 11.5 Å². The highest BCUT2D eigenvalue weighted by Crippen LogP contribution is 2.20. The summed E-state index contributed by atoms with van der Waals surface area (Å²) in [4.78, 5) is 4.15. The second-order valence-corrected chi connectivity index (χ2v) is 6.04. The average molecular weight is 297 g/mol. The number of rotatable bonds is 6. The van der Waals surface area contributed by atoms with Gasteiger partial charge in [-0.05, 0) is 31.2 Å². The van der Waals surface area contributed by atoms with Gasteiger partial charge in [0, 0.05) is 18.4 Å². The topological polar surface area (TPSA) is 94.3 Å². The van der Waals surface area contributed by atoms with E-state index in [0.717, 1.165) is 0 Å². The van der Waals surface area contributed by atoms with Gasteiger partial charge < -0.3 is 9.26 Å². The highest BCUT2D eigenvalue weighted by molar-refractivity contribution is 7.92. The quantitative estimate of drug-likeness (QED) is 0.871. The van der Waals surface area contributed by atoms with Gasteiger partial charge in [-0.2, -0.15) is 4.98 Å². The SMILES string of the molecule is CCS(=O)(=O)Nc1ccc(-c2nc(COC)no2)cc1. The summed E-state index contributed by atoms with van der Waals surface area (Å²) in [6.45, 7) is 1.85. The maximum atomic E-state index is 11.4. The van der Waals surface area contributed by atoms with Gasteiger partial charge in [0.15, 0.2) is 5.82 Å². The maximum absolute atomic E-state index is 11.4. The van der Waals surface area contributed by atoms with Crippen LogP contribution in [-0.4, -0.2) is 31.4 Å². The number of aromatic nitrogens is 2. The average Bonchev–Trinajstić information content (AvgIpc) is 2.88. The molecular formula is C12H15N3O4S. The van der Waals surface area contributed by atoms with Crippen LogP contribution in [0.15, 0.2) is 28.8 Å². The van der Waals surface area contributed by atoms with Crippen LogP contribution in [-0.2, 0) is 21.4 Å². The Balaban J connectivity index is 2.15. The lowest BCUT2D eigenvalue weighted by atomic mass is 10.2. The zero-order valence-electron chi connectivity index (χ0n) is 11.2. The number of nitrogens with one attached hydrogen (secondary N) is 1. The lowest BCUT2D eigenvalue weighted by Gasteiger charge is -2.05. The Morgan fingerprint density at radius 2 is 2.00 bits per heavy atom. The first kappa shape index (κ1) is 14.5. The number of ether oxygens (including phenoxy) is 1. The van der Waals surface area contributed by atoms with E-state index in [1.54, 1.807) is 38.3 Å². The minimum atomic E-state index is -3.27. The van der Waals surface area contributed by atoms with E-state index >= 15 is 0 Å². The second-order valence-electron chi connectivity index (χ2n) is 4.03. The summed E-state index contributed by atoms with van der Waals surface area (Å²) >= 11 is 0. The van der Waals surface area contributed by atoms with Crippen molar-refractivity contribution < 1.29 is 17.7 Å². The first-order valence-electron chi connectivity index (χ1n) is 5.96. The van der Waals surface area contributed by atoms with Gasteiger partial charge in [0.2, 0.25) is 10.0 Å². The summed E-state index contributed by atoms with van der Waals surface area (Å²) in [5.74, 6) is 0.846. The van der Waals surface area contributed by atoms with Crippen molar-refractivity contribution in [2.24, 2.45) is 0 Å². The van der Waals surface area contributed by atoms with E-state index in [4.69, 9.17) is 9.26 Å². The molecule has 7 nitrogen and oxygen atoms in total. The van der Waals surface area contributed by atoms with Crippen LogP contribution in [0.2, 0.25) is 0 Å². The molecule has 8 heteroatoms. The standard InChI is InChI=1S/C12H15N3O4S/c1-3-20(16,17)15-10-6-4-9(5-7-10)12-13-11(8-18-2)14-19-12/h4-7,15H,3,8H2,1-2H3. The number of anilines is 1. The van der Waals surface area contributed by atoms with E-state index in [1.807, 2.05) is 0 Å². The molecule has 0 saturated heterocycles. The smallest absolute Gasteiger partial charge is 0.258 e. The summed E-state index contributed by atoms with van der Waals surface area (Å²) < 4.78 is 35.3. The zero-order chi connectivity index (χ0) is 14.6. The van der Waals surface area contributed by atoms with Crippen LogP contribution < -0.4 is 4.72 Å². The zero-order valence-corrected chi connectivity index (χ0v) is 12.0. The van der Waals surface area contributed by atoms with Crippen molar-refractivity contribution in [1.82, 2.24) is 10.1 Å². The van der Waals surface area contributed by atoms with E-state index in [0.29, 0.717) is 23.0 Å². The molecule has 1 heterocycles. The summed E-state index contributed by atoms with van der Waals surface area (Å²) in [5, 5.41) is 3.75. The first-order chi connectivity index (χ1) is 9.54. The van der Waals surface area contributed by atoms with E-state index in [9.17, 15) is 8.42 Å². The van der Waals surface area contributed by atoms with Crippen molar-refractivity contribution in [3.63, 3.8) is 0 Å². The molecule has 1 aromatic carbocycles. The number of methoxy groups -OCH3 is 1. The Hall–Kier alpha value is -1.93. The minimum Gasteiger partial charge on any atom is -0.377 e. The van der Waals surface area contributed by atoms with Gasteiger partial charge in [0.05, 0.1) is 5.75 Å². The normalized spacial score (nSPS) is 11.5. The van der Waals surface area contributed by atoms with E-state index < -0.39 is 10.0 Å². The van der Waals surface area contributed by atoms with Gasteiger partial charge in [-0.1, -0.05) is 5.16 Å². The molecule has 0 spiro atoms. The number of hydrogen-bond donors (Lipinski definition) is 1. The fourth-order valence-corrected chi connectivity index (χ4v) is 2.13. The number of nitrogens with zero attached hydrogens (tertiary/aromatic N) is 2. The van der Waals surface area contributed by atoms with Crippen molar-refractivity contribution >= 4 is 15.7 Å². The summed E-state index contributed by atoms with van der Waals surface area (Å²) in [5.41, 5.74) is 1.20. The Bertz CT molecular complexity index is 664. The molecule has 1 aromatic heterocycles. The van der Waals surface area contributed by atoms with Crippen LogP contribution in [0, 0.1) is 0 Å². The number of sulfonamides is 1. The van der Waals surface area contributed by atoms with Crippen molar-refractivity contribution in [2.75, 3.05) is 17.6 Å². The molecule has 0 radical (unpaired) electrons. The molecular weight excluding hydrogens is 282 g/mol. The van der Waals surface area contributed by atoms with Crippen LogP contribution in [0.1, 0.15) is 12.7 Å². The van der Waals surface area contributed by atoms with Gasteiger partial charge in [0.25, 0.3) is 5.89 Å². The molecule has 0 amide bonds. The molecule has 0 aliphatic carbocycles. The predicted octanol–water partition coefficient (Wildman–Crippen LogP) is 1.64. The van der Waals surface area contributed by atoms with Crippen LogP contribution in [0.4, 0.5) is 5.69 Å². The molecule has 0 atom stereocenters. The van der Waals surface area contributed by atoms with Crippen LogP contribution in [0.5, 0.6) is 0 Å². The third kappa shape index (κ3) is 3.55. The van der Waals surface area contributed by atoms with Crippen molar-refractivity contribution in [3.05, 3.63) is 30.1 Å². The summed E-state index contributed by atoms with van der Waals surface area (Å²) in [6, 6.07) is 6.70. The monoisotopic (exact) mass is 297 g/mol. The molecule has 0 saturated carbocycles. The summed E-state index contributed by atoms with van der Waals surface area (Å²) in [6.07, 6.45) is 0. The molecule has 0 bridgehead atoms. The van der Waals surface area contributed by atoms with Crippen LogP contribution >= 0.6 is 0 Å². The third-order valence-electron chi connectivity index (χ3n) is 2.53. The first-order valence-corrected chi connectivity index (χ1v) is 7.61. The Labute approximate surface area is 117 Å². The molecule has 0 unspecified atom stereocenters. The van der Waals surface area contributed by atoms with E-state index in [2.05, 4.69) is 14.9 Å². The van der Waals surface area contributed by atoms with Crippen molar-refractivity contribution in [1.29, 1.82) is 0 Å². The van der Waals surface area contributed by atoms with Gasteiger partial charge in [0.1, 0.15) is 6.61 Å². The Kier molecular flexibility index (Phi) is 4.35. The molecule has 20 heavy (non-hydrogen) atoms. The predicted molar refractivity (Wildman–Crippen MR) is 73.5 cm³/mol. The lowest BCUT2D eigenvalue weighted by molar-refractivity contribution is 0.174. The highest BCUT2D eigenvalue weighted by atomic mass is 32.2. The second kappa shape index (κ2) is 6.02. The third-order valence-corrected chi connectivity index (χ3v) is 3.83. The van der Waals surface area contributed by atoms with Gasteiger partial charge in [-0.15, -0.1) is 0 Å². The lowest BCUT2D eigenvalue weighted by Crippen LogP contribution is -2.14. The molecule has 0 aliphatic heterocycles.